The Bertz CT molecular complexity index is 723. The van der Waals surface area contributed by atoms with Gasteiger partial charge in [0.15, 0.2) is 5.84 Å². The predicted octanol–water partition coefficient (Wildman–Crippen LogP) is 2.37. The van der Waals surface area contributed by atoms with E-state index in [1.807, 2.05) is 31.2 Å². The molecule has 1 aliphatic heterocycles. The zero-order valence-electron chi connectivity index (χ0n) is 12.3. The molecule has 5 nitrogen and oxygen atoms in total. The van der Waals surface area contributed by atoms with E-state index in [1.165, 1.54) is 0 Å². The number of hydrogen-bond acceptors (Lipinski definition) is 4. The molecule has 0 aliphatic carbocycles. The van der Waals surface area contributed by atoms with Crippen molar-refractivity contribution in [2.24, 2.45) is 4.99 Å². The summed E-state index contributed by atoms with van der Waals surface area (Å²) >= 11 is 0. The molecule has 2 aromatic rings. The Hall–Kier alpha value is -2.82. The van der Waals surface area contributed by atoms with Crippen molar-refractivity contribution in [1.29, 1.82) is 0 Å². The van der Waals surface area contributed by atoms with Gasteiger partial charge < -0.3 is 10.4 Å². The first kappa shape index (κ1) is 14.1. The Morgan fingerprint density at radius 1 is 1.18 bits per heavy atom. The number of anilines is 2. The van der Waals surface area contributed by atoms with Gasteiger partial charge in [0.05, 0.1) is 12.2 Å². The van der Waals surface area contributed by atoms with Crippen molar-refractivity contribution < 1.29 is 9.90 Å². The first-order chi connectivity index (χ1) is 10.6. The fourth-order valence-electron chi connectivity index (χ4n) is 2.36. The third-order valence-corrected chi connectivity index (χ3v) is 3.46. The number of nitrogens with one attached hydrogen (secondary N) is 1. The number of carbonyl (C=O) groups excluding carboxylic acids is 1. The zero-order chi connectivity index (χ0) is 15.5. The number of carbonyl (C=O) groups is 1. The lowest BCUT2D eigenvalue weighted by atomic mass is 10.2. The maximum absolute atomic E-state index is 12.8. The summed E-state index contributed by atoms with van der Waals surface area (Å²) in [5.74, 6) is 0.236. The lowest BCUT2D eigenvalue weighted by molar-refractivity contribution is -0.112. The Morgan fingerprint density at radius 3 is 2.59 bits per heavy atom. The lowest BCUT2D eigenvalue weighted by Crippen LogP contribution is -2.38. The molecule has 0 bridgehead atoms. The summed E-state index contributed by atoms with van der Waals surface area (Å²) in [5.41, 5.74) is 2.45. The average molecular weight is 295 g/mol. The molecule has 112 valence electrons. The number of phenols is 1. The number of aryl methyl sites for hydroxylation is 1. The first-order valence-corrected chi connectivity index (χ1v) is 7.13. The normalized spacial score (nSPS) is 13.4. The van der Waals surface area contributed by atoms with E-state index in [9.17, 15) is 9.90 Å². The second kappa shape index (κ2) is 5.89. The van der Waals surface area contributed by atoms with Crippen LogP contribution in [0.1, 0.15) is 5.56 Å². The van der Waals surface area contributed by atoms with Crippen LogP contribution in [0, 0.1) is 6.92 Å². The number of nitrogens with zero attached hydrogens (tertiary/aromatic N) is 2. The van der Waals surface area contributed by atoms with Gasteiger partial charge in [0, 0.05) is 18.3 Å². The maximum atomic E-state index is 12.8. The number of amidine groups is 1. The van der Waals surface area contributed by atoms with E-state index in [0.717, 1.165) is 11.3 Å². The highest BCUT2D eigenvalue weighted by molar-refractivity contribution is 6.44. The van der Waals surface area contributed by atoms with Crippen LogP contribution in [0.4, 0.5) is 11.4 Å². The van der Waals surface area contributed by atoms with Crippen LogP contribution >= 0.6 is 0 Å². The minimum atomic E-state index is -0.230. The van der Waals surface area contributed by atoms with Crippen LogP contribution in [0.25, 0.3) is 0 Å². The van der Waals surface area contributed by atoms with E-state index in [-0.39, 0.29) is 11.7 Å². The monoisotopic (exact) mass is 295 g/mol. The highest BCUT2D eigenvalue weighted by Gasteiger charge is 2.25. The Kier molecular flexibility index (Phi) is 3.78. The minimum absolute atomic E-state index is 0.115. The van der Waals surface area contributed by atoms with E-state index >= 15 is 0 Å². The Labute approximate surface area is 128 Å². The van der Waals surface area contributed by atoms with Crippen LogP contribution in [-0.2, 0) is 4.79 Å². The topological polar surface area (TPSA) is 64.9 Å². The van der Waals surface area contributed by atoms with Crippen molar-refractivity contribution >= 4 is 23.1 Å². The number of amides is 1. The summed E-state index contributed by atoms with van der Waals surface area (Å²) in [6, 6.07) is 14.3. The molecule has 2 N–H and O–H groups in total. The molecule has 0 saturated heterocycles. The number of hydrogen-bond donors (Lipinski definition) is 2. The van der Waals surface area contributed by atoms with Crippen LogP contribution in [0.2, 0.25) is 0 Å². The van der Waals surface area contributed by atoms with Crippen molar-refractivity contribution in [3.8, 4) is 5.75 Å². The highest BCUT2D eigenvalue weighted by atomic mass is 16.3. The quantitative estimate of drug-likeness (QED) is 0.913. The van der Waals surface area contributed by atoms with Crippen LogP contribution in [-0.4, -0.2) is 29.9 Å². The summed E-state index contributed by atoms with van der Waals surface area (Å²) in [7, 11) is 0. The lowest BCUT2D eigenvalue weighted by Gasteiger charge is -2.23. The summed E-state index contributed by atoms with van der Waals surface area (Å²) in [4.78, 5) is 18.5. The van der Waals surface area contributed by atoms with Gasteiger partial charge in [-0.3, -0.25) is 14.7 Å². The van der Waals surface area contributed by atoms with Crippen LogP contribution in [0.5, 0.6) is 5.75 Å². The van der Waals surface area contributed by atoms with Crippen LogP contribution in [0.3, 0.4) is 0 Å². The van der Waals surface area contributed by atoms with Gasteiger partial charge in [-0.25, -0.2) is 0 Å². The molecule has 22 heavy (non-hydrogen) atoms. The van der Waals surface area contributed by atoms with Gasteiger partial charge in [-0.05, 0) is 31.2 Å². The predicted molar refractivity (Wildman–Crippen MR) is 86.7 cm³/mol. The van der Waals surface area contributed by atoms with Crippen molar-refractivity contribution in [2.45, 2.75) is 6.92 Å². The molecule has 0 atom stereocenters. The molecular formula is C17H17N3O2. The maximum Gasteiger partial charge on any atom is 0.297 e. The second-order valence-electron chi connectivity index (χ2n) is 5.15. The first-order valence-electron chi connectivity index (χ1n) is 7.13. The molecule has 0 unspecified atom stereocenters. The molecule has 1 amide bonds. The Balaban J connectivity index is 2.05. The summed E-state index contributed by atoms with van der Waals surface area (Å²) in [6.07, 6.45) is 0. The smallest absolute Gasteiger partial charge is 0.297 e. The Morgan fingerprint density at radius 2 is 1.95 bits per heavy atom. The summed E-state index contributed by atoms with van der Waals surface area (Å²) in [5, 5.41) is 12.7. The van der Waals surface area contributed by atoms with E-state index in [1.54, 1.807) is 29.2 Å². The molecule has 0 radical (unpaired) electrons. The molecule has 0 aromatic heterocycles. The molecule has 2 aromatic carbocycles. The van der Waals surface area contributed by atoms with Gasteiger partial charge in [-0.1, -0.05) is 23.8 Å². The van der Waals surface area contributed by atoms with E-state index < -0.39 is 0 Å². The van der Waals surface area contributed by atoms with Gasteiger partial charge in [-0.2, -0.15) is 0 Å². The van der Waals surface area contributed by atoms with Crippen LogP contribution < -0.4 is 10.2 Å². The van der Waals surface area contributed by atoms with E-state index in [4.69, 9.17) is 0 Å². The van der Waals surface area contributed by atoms with Crippen molar-refractivity contribution in [3.05, 3.63) is 54.1 Å². The average Bonchev–Trinajstić information content (AvgIpc) is 3.04. The molecule has 1 heterocycles. The molecule has 1 aliphatic rings. The number of rotatable bonds is 3. The number of aromatic hydroxyl groups is 1. The molecule has 0 saturated carbocycles. The fourth-order valence-corrected chi connectivity index (χ4v) is 2.36. The van der Waals surface area contributed by atoms with Gasteiger partial charge in [-0.15, -0.1) is 0 Å². The third-order valence-electron chi connectivity index (χ3n) is 3.46. The third kappa shape index (κ3) is 2.79. The molecule has 3 rings (SSSR count). The van der Waals surface area contributed by atoms with Crippen molar-refractivity contribution in [2.75, 3.05) is 18.0 Å². The van der Waals surface area contributed by atoms with Crippen molar-refractivity contribution in [3.63, 3.8) is 0 Å². The van der Waals surface area contributed by atoms with Gasteiger partial charge >= 0.3 is 0 Å². The summed E-state index contributed by atoms with van der Waals surface area (Å²) in [6.45, 7) is 3.26. The standard InChI is InChI=1S/C17H17N3O2/c1-12-5-7-13(8-6-12)20(14-3-2-4-15(21)11-14)17(22)16-18-9-10-19-16/h2-8,11,21H,9-10H2,1H3,(H,18,19). The minimum Gasteiger partial charge on any atom is -0.508 e. The molecule has 0 spiro atoms. The molecule has 0 fully saturated rings. The SMILES string of the molecule is Cc1ccc(N(C(=O)C2=NCCN2)c2cccc(O)c2)cc1. The molecular weight excluding hydrogens is 278 g/mol. The number of benzene rings is 2. The highest BCUT2D eigenvalue weighted by Crippen LogP contribution is 2.28. The number of phenolic OH excluding ortho intramolecular Hbond substituents is 1. The van der Waals surface area contributed by atoms with E-state index in [0.29, 0.717) is 24.6 Å². The summed E-state index contributed by atoms with van der Waals surface area (Å²) < 4.78 is 0. The van der Waals surface area contributed by atoms with Crippen molar-refractivity contribution in [1.82, 2.24) is 5.32 Å². The zero-order valence-corrected chi connectivity index (χ0v) is 12.3. The van der Waals surface area contributed by atoms with Gasteiger partial charge in [0.25, 0.3) is 5.91 Å². The number of aliphatic imine (C=N–C) groups is 1. The fraction of sp³-hybridized carbons (Fsp3) is 0.176. The van der Waals surface area contributed by atoms with E-state index in [2.05, 4.69) is 10.3 Å². The second-order valence-corrected chi connectivity index (χ2v) is 5.15. The largest absolute Gasteiger partial charge is 0.508 e. The van der Waals surface area contributed by atoms with Gasteiger partial charge in [0.1, 0.15) is 5.75 Å². The van der Waals surface area contributed by atoms with Gasteiger partial charge in [0.2, 0.25) is 0 Å². The molecule has 5 heteroatoms. The van der Waals surface area contributed by atoms with Crippen LogP contribution in [0.15, 0.2) is 53.5 Å².